The first-order chi connectivity index (χ1) is 15.0. The zero-order valence-electron chi connectivity index (χ0n) is 18.0. The summed E-state index contributed by atoms with van der Waals surface area (Å²) in [5, 5.41) is 0.976. The van der Waals surface area contributed by atoms with Crippen molar-refractivity contribution in [2.75, 3.05) is 4.90 Å². The van der Waals surface area contributed by atoms with E-state index in [1.807, 2.05) is 27.7 Å². The van der Waals surface area contributed by atoms with Gasteiger partial charge in [0.1, 0.15) is 0 Å². The molecule has 4 rings (SSSR count). The van der Waals surface area contributed by atoms with Gasteiger partial charge in [0, 0.05) is 21.8 Å². The fourth-order valence-electron chi connectivity index (χ4n) is 4.34. The van der Waals surface area contributed by atoms with Crippen molar-refractivity contribution in [3.05, 3.63) is 79.6 Å². The second kappa shape index (κ2) is 7.86. The molecule has 10 heteroatoms. The minimum absolute atomic E-state index is 0.168. The van der Waals surface area contributed by atoms with Crippen LogP contribution >= 0.6 is 23.2 Å². The highest BCUT2D eigenvalue weighted by Crippen LogP contribution is 2.43. The summed E-state index contributed by atoms with van der Waals surface area (Å²) in [4.78, 5) is 42.7. The lowest BCUT2D eigenvalue weighted by molar-refractivity contribution is 0.0809. The van der Waals surface area contributed by atoms with Gasteiger partial charge < -0.3 is 9.42 Å². The second-order valence-corrected chi connectivity index (χ2v) is 9.27. The lowest BCUT2D eigenvalue weighted by Crippen LogP contribution is -2.49. The fraction of sp³-hybridized carbons (Fsp3) is 0.318. The zero-order chi connectivity index (χ0) is 23.4. The van der Waals surface area contributed by atoms with Crippen LogP contribution in [0.4, 0.5) is 10.5 Å². The number of nitrogens with zero attached hydrogens (tertiary/aromatic N) is 4. The molecule has 0 radical (unpaired) electrons. The molecule has 3 aromatic rings. The molecule has 1 fully saturated rings. The van der Waals surface area contributed by atoms with Crippen molar-refractivity contribution in [3.63, 3.8) is 0 Å². The van der Waals surface area contributed by atoms with Gasteiger partial charge in [0.2, 0.25) is 0 Å². The van der Waals surface area contributed by atoms with Gasteiger partial charge in [-0.15, -0.1) is 4.74 Å². The third kappa shape index (κ3) is 3.43. The number of carbonyl (C=O) groups is 1. The third-order valence-corrected chi connectivity index (χ3v) is 6.08. The first kappa shape index (κ1) is 22.2. The van der Waals surface area contributed by atoms with E-state index < -0.39 is 23.2 Å². The van der Waals surface area contributed by atoms with Gasteiger partial charge in [-0.2, -0.15) is 4.57 Å². The van der Waals surface area contributed by atoms with E-state index in [9.17, 15) is 14.4 Å². The Morgan fingerprint density at radius 1 is 0.875 bits per heavy atom. The van der Waals surface area contributed by atoms with Crippen LogP contribution in [0.5, 0.6) is 0 Å². The molecule has 0 saturated carbocycles. The van der Waals surface area contributed by atoms with Gasteiger partial charge in [0.05, 0.1) is 11.2 Å². The molecule has 1 aliphatic rings. The summed E-state index contributed by atoms with van der Waals surface area (Å²) >= 11 is 12.0. The normalized spacial score (nSPS) is 18.1. The number of anilines is 1. The van der Waals surface area contributed by atoms with Crippen LogP contribution in [0.3, 0.4) is 0 Å². The average Bonchev–Trinajstić information content (AvgIpc) is 3.11. The van der Waals surface area contributed by atoms with Crippen LogP contribution in [0, 0.1) is 0 Å². The van der Waals surface area contributed by atoms with Gasteiger partial charge in [-0.1, -0.05) is 23.2 Å². The second-order valence-electron chi connectivity index (χ2n) is 8.40. The minimum atomic E-state index is -0.924. The Morgan fingerprint density at radius 3 is 1.88 bits per heavy atom. The lowest BCUT2D eigenvalue weighted by Gasteiger charge is -2.36. The monoisotopic (exact) mass is 476 g/mol. The molecule has 1 aliphatic heterocycles. The quantitative estimate of drug-likeness (QED) is 0.553. The molecule has 168 valence electrons. The topological polar surface area (TPSA) is 80.7 Å². The van der Waals surface area contributed by atoms with E-state index in [0.29, 0.717) is 21.4 Å². The van der Waals surface area contributed by atoms with Gasteiger partial charge in [0.15, 0.2) is 6.17 Å². The summed E-state index contributed by atoms with van der Waals surface area (Å²) in [6.45, 7) is 7.44. The molecule has 0 spiro atoms. The summed E-state index contributed by atoms with van der Waals surface area (Å²) in [7, 11) is 0. The average molecular weight is 477 g/mol. The standard InChI is InChI=1S/C22H22Cl2N4O4/c1-13(2)27-19(29)25(16-9-5-14(23)6-10-16)18(22(27,3)4)28-20(30)26(21(31)32-28)17-11-7-15(24)8-12-17/h5-13,18H,1-4H3. The Kier molecular flexibility index (Phi) is 5.46. The molecule has 1 saturated heterocycles. The molecule has 1 atom stereocenters. The number of hydrogen-bond acceptors (Lipinski definition) is 4. The summed E-state index contributed by atoms with van der Waals surface area (Å²) < 4.78 is 7.31. The number of halogens is 2. The number of aromatic nitrogens is 2. The maximum atomic E-state index is 13.5. The zero-order valence-corrected chi connectivity index (χ0v) is 19.5. The summed E-state index contributed by atoms with van der Waals surface area (Å²) in [6, 6.07) is 12.4. The van der Waals surface area contributed by atoms with Crippen molar-refractivity contribution in [2.24, 2.45) is 0 Å². The van der Waals surface area contributed by atoms with Crippen LogP contribution < -0.4 is 16.3 Å². The van der Waals surface area contributed by atoms with E-state index in [2.05, 4.69) is 0 Å². The van der Waals surface area contributed by atoms with Crippen molar-refractivity contribution in [1.82, 2.24) is 14.2 Å². The molecule has 32 heavy (non-hydrogen) atoms. The van der Waals surface area contributed by atoms with Crippen molar-refractivity contribution < 1.29 is 9.32 Å². The summed E-state index contributed by atoms with van der Waals surface area (Å²) in [5.41, 5.74) is -0.758. The number of carbonyl (C=O) groups excluding carboxylic acids is 1. The molecule has 2 amide bonds. The Balaban J connectivity index is 1.93. The highest BCUT2D eigenvalue weighted by Gasteiger charge is 2.56. The van der Waals surface area contributed by atoms with Gasteiger partial charge in [-0.3, -0.25) is 4.90 Å². The summed E-state index contributed by atoms with van der Waals surface area (Å²) in [6.07, 6.45) is -0.924. The SMILES string of the molecule is CC(C)N1C(=O)N(c2ccc(Cl)cc2)C(n2oc(=O)n(-c3ccc(Cl)cc3)c2=O)C1(C)C. The number of amides is 2. The molecule has 0 N–H and O–H groups in total. The molecule has 8 nitrogen and oxygen atoms in total. The van der Waals surface area contributed by atoms with E-state index >= 15 is 0 Å². The number of benzene rings is 2. The molecular weight excluding hydrogens is 455 g/mol. The van der Waals surface area contributed by atoms with Gasteiger partial charge in [-0.05, 0) is 76.2 Å². The van der Waals surface area contributed by atoms with Crippen LogP contribution in [-0.4, -0.2) is 31.8 Å². The van der Waals surface area contributed by atoms with Crippen LogP contribution in [0.15, 0.2) is 62.6 Å². The molecule has 0 bridgehead atoms. The van der Waals surface area contributed by atoms with Crippen molar-refractivity contribution in [1.29, 1.82) is 0 Å². The highest BCUT2D eigenvalue weighted by molar-refractivity contribution is 6.30. The van der Waals surface area contributed by atoms with Crippen LogP contribution in [0.1, 0.15) is 33.9 Å². The molecule has 1 aromatic heterocycles. The highest BCUT2D eigenvalue weighted by atomic mass is 35.5. The smallest absolute Gasteiger partial charge is 0.314 e. The molecule has 0 aliphatic carbocycles. The molecule has 1 unspecified atom stereocenters. The Labute approximate surface area is 194 Å². The van der Waals surface area contributed by atoms with Gasteiger partial charge >= 0.3 is 17.5 Å². The predicted octanol–water partition coefficient (Wildman–Crippen LogP) is 4.53. The van der Waals surface area contributed by atoms with E-state index in [1.165, 1.54) is 4.90 Å². The Morgan fingerprint density at radius 2 is 1.38 bits per heavy atom. The van der Waals surface area contributed by atoms with E-state index in [4.69, 9.17) is 27.7 Å². The predicted molar refractivity (Wildman–Crippen MR) is 123 cm³/mol. The Hall–Kier alpha value is -2.97. The van der Waals surface area contributed by atoms with Crippen LogP contribution in [0.2, 0.25) is 10.0 Å². The molecule has 2 heterocycles. The maximum Gasteiger partial charge on any atom is 0.447 e. The van der Waals surface area contributed by atoms with Crippen LogP contribution in [-0.2, 0) is 0 Å². The number of hydrogen-bond donors (Lipinski definition) is 0. The van der Waals surface area contributed by atoms with E-state index in [-0.39, 0.29) is 12.1 Å². The van der Waals surface area contributed by atoms with Gasteiger partial charge in [-0.25, -0.2) is 14.4 Å². The number of rotatable bonds is 4. The largest absolute Gasteiger partial charge is 0.447 e. The summed E-state index contributed by atoms with van der Waals surface area (Å²) in [5.74, 6) is -0.861. The lowest BCUT2D eigenvalue weighted by atomic mass is 9.99. The fourth-order valence-corrected chi connectivity index (χ4v) is 4.59. The molecular formula is C22H22Cl2N4O4. The molecule has 2 aromatic carbocycles. The van der Waals surface area contributed by atoms with Crippen LogP contribution in [0.25, 0.3) is 5.69 Å². The first-order valence-corrected chi connectivity index (χ1v) is 10.8. The Bertz CT molecular complexity index is 1270. The first-order valence-electron chi connectivity index (χ1n) is 10.0. The third-order valence-electron chi connectivity index (χ3n) is 5.58. The number of urea groups is 1. The van der Waals surface area contributed by atoms with Gasteiger partial charge in [0.25, 0.3) is 0 Å². The van der Waals surface area contributed by atoms with Crippen molar-refractivity contribution in [3.8, 4) is 5.69 Å². The minimum Gasteiger partial charge on any atom is -0.314 e. The van der Waals surface area contributed by atoms with E-state index in [1.54, 1.807) is 53.4 Å². The van der Waals surface area contributed by atoms with Crippen molar-refractivity contribution in [2.45, 2.75) is 45.4 Å². The van der Waals surface area contributed by atoms with E-state index in [0.717, 1.165) is 9.31 Å². The van der Waals surface area contributed by atoms with Crippen molar-refractivity contribution >= 4 is 34.9 Å². The maximum absolute atomic E-state index is 13.5.